The van der Waals surface area contributed by atoms with E-state index in [-0.39, 0.29) is 11.9 Å². The van der Waals surface area contributed by atoms with Crippen LogP contribution in [0.1, 0.15) is 24.4 Å². The maximum atomic E-state index is 12.2. The van der Waals surface area contributed by atoms with Gasteiger partial charge in [0.25, 0.3) is 0 Å². The highest BCUT2D eigenvalue weighted by Gasteiger charge is 2.32. The summed E-state index contributed by atoms with van der Waals surface area (Å²) in [5.74, 6) is 1.03. The highest BCUT2D eigenvalue weighted by molar-refractivity contribution is 5.96. The summed E-state index contributed by atoms with van der Waals surface area (Å²) in [5.41, 5.74) is 2.12. The van der Waals surface area contributed by atoms with Crippen LogP contribution in [0, 0.1) is 0 Å². The lowest BCUT2D eigenvalue weighted by Gasteiger charge is -2.25. The predicted molar refractivity (Wildman–Crippen MR) is 78.9 cm³/mol. The Labute approximate surface area is 118 Å². The third kappa shape index (κ3) is 2.27. The molecule has 1 saturated heterocycles. The molecule has 0 saturated carbocycles. The van der Waals surface area contributed by atoms with E-state index < -0.39 is 0 Å². The van der Waals surface area contributed by atoms with Crippen LogP contribution in [-0.2, 0) is 4.79 Å². The van der Waals surface area contributed by atoms with Crippen molar-refractivity contribution in [3.8, 4) is 5.75 Å². The van der Waals surface area contributed by atoms with E-state index in [1.54, 1.807) is 7.11 Å². The fourth-order valence-electron chi connectivity index (χ4n) is 2.74. The van der Waals surface area contributed by atoms with E-state index in [9.17, 15) is 4.79 Å². The van der Waals surface area contributed by atoms with Gasteiger partial charge in [0.2, 0.25) is 5.91 Å². The molecule has 3 heteroatoms. The normalized spacial score (nSPS) is 18.4. The van der Waals surface area contributed by atoms with Gasteiger partial charge in [-0.3, -0.25) is 4.79 Å². The average Bonchev–Trinajstić information content (AvgIpc) is 2.90. The number of para-hydroxylation sites is 1. The number of hydrogen-bond acceptors (Lipinski definition) is 2. The second-order valence-corrected chi connectivity index (χ2v) is 4.93. The highest BCUT2D eigenvalue weighted by atomic mass is 16.5. The number of rotatable bonds is 3. The van der Waals surface area contributed by atoms with Crippen molar-refractivity contribution in [3.63, 3.8) is 0 Å². The standard InChI is InChI=1S/C17H17NO2/c1-20-15-9-7-13(8-10-15)16-11-12-17(19)18(16)14-5-3-2-4-6-14/h2-10,16H,11-12H2,1H3. The van der Waals surface area contributed by atoms with Gasteiger partial charge in [-0.2, -0.15) is 0 Å². The molecule has 1 atom stereocenters. The Balaban J connectivity index is 1.93. The van der Waals surface area contributed by atoms with Crippen molar-refractivity contribution in [2.75, 3.05) is 12.0 Å². The van der Waals surface area contributed by atoms with Crippen LogP contribution >= 0.6 is 0 Å². The maximum Gasteiger partial charge on any atom is 0.227 e. The zero-order valence-corrected chi connectivity index (χ0v) is 11.5. The molecule has 2 aromatic carbocycles. The summed E-state index contributed by atoms with van der Waals surface area (Å²) in [6.45, 7) is 0. The highest BCUT2D eigenvalue weighted by Crippen LogP contribution is 2.37. The van der Waals surface area contributed by atoms with Gasteiger partial charge in [0.15, 0.2) is 0 Å². The Bertz CT molecular complexity index is 592. The first-order valence-electron chi connectivity index (χ1n) is 6.80. The van der Waals surface area contributed by atoms with Crippen LogP contribution in [0.15, 0.2) is 54.6 Å². The van der Waals surface area contributed by atoms with Gasteiger partial charge in [-0.05, 0) is 36.2 Å². The average molecular weight is 267 g/mol. The van der Waals surface area contributed by atoms with Crippen LogP contribution in [0.4, 0.5) is 5.69 Å². The molecular weight excluding hydrogens is 250 g/mol. The monoisotopic (exact) mass is 267 g/mol. The van der Waals surface area contributed by atoms with Gasteiger partial charge in [-0.1, -0.05) is 30.3 Å². The van der Waals surface area contributed by atoms with E-state index in [1.165, 1.54) is 0 Å². The molecule has 1 unspecified atom stereocenters. The summed E-state index contributed by atoms with van der Waals surface area (Å²) in [4.78, 5) is 14.1. The van der Waals surface area contributed by atoms with Crippen LogP contribution in [-0.4, -0.2) is 13.0 Å². The minimum absolute atomic E-state index is 0.121. The van der Waals surface area contributed by atoms with E-state index >= 15 is 0 Å². The fraction of sp³-hybridized carbons (Fsp3) is 0.235. The van der Waals surface area contributed by atoms with Crippen LogP contribution in [0.3, 0.4) is 0 Å². The predicted octanol–water partition coefficient (Wildman–Crippen LogP) is 3.56. The summed E-state index contributed by atoms with van der Waals surface area (Å²) in [6, 6.07) is 18.0. The molecule has 1 amide bonds. The second-order valence-electron chi connectivity index (χ2n) is 4.93. The Kier molecular flexibility index (Phi) is 3.42. The van der Waals surface area contributed by atoms with Crippen LogP contribution < -0.4 is 9.64 Å². The minimum atomic E-state index is 0.121. The van der Waals surface area contributed by atoms with Crippen molar-refractivity contribution >= 4 is 11.6 Å². The van der Waals surface area contributed by atoms with Crippen LogP contribution in [0.25, 0.3) is 0 Å². The molecule has 0 aromatic heterocycles. The SMILES string of the molecule is COc1ccc(C2CCC(=O)N2c2ccccc2)cc1. The summed E-state index contributed by atoms with van der Waals surface area (Å²) in [7, 11) is 1.66. The molecule has 20 heavy (non-hydrogen) atoms. The van der Waals surface area contributed by atoms with Gasteiger partial charge in [0, 0.05) is 12.1 Å². The van der Waals surface area contributed by atoms with Gasteiger partial charge in [0.05, 0.1) is 13.2 Å². The molecule has 1 aliphatic rings. The van der Waals surface area contributed by atoms with Crippen molar-refractivity contribution < 1.29 is 9.53 Å². The van der Waals surface area contributed by atoms with E-state index in [0.29, 0.717) is 6.42 Å². The largest absolute Gasteiger partial charge is 0.497 e. The number of amides is 1. The number of carbonyl (C=O) groups is 1. The van der Waals surface area contributed by atoms with Gasteiger partial charge in [0.1, 0.15) is 5.75 Å². The van der Waals surface area contributed by atoms with Gasteiger partial charge >= 0.3 is 0 Å². The minimum Gasteiger partial charge on any atom is -0.497 e. The molecule has 2 aromatic rings. The lowest BCUT2D eigenvalue weighted by molar-refractivity contribution is -0.117. The lowest BCUT2D eigenvalue weighted by Crippen LogP contribution is -2.27. The molecule has 1 aliphatic heterocycles. The first-order chi connectivity index (χ1) is 9.79. The number of hydrogen-bond donors (Lipinski definition) is 0. The maximum absolute atomic E-state index is 12.2. The number of ether oxygens (including phenoxy) is 1. The summed E-state index contributed by atoms with van der Waals surface area (Å²) >= 11 is 0. The van der Waals surface area contributed by atoms with E-state index in [0.717, 1.165) is 23.4 Å². The smallest absolute Gasteiger partial charge is 0.227 e. The Morgan fingerprint density at radius 3 is 2.40 bits per heavy atom. The Hall–Kier alpha value is -2.29. The van der Waals surface area contributed by atoms with Crippen molar-refractivity contribution in [2.24, 2.45) is 0 Å². The molecule has 0 spiro atoms. The number of methoxy groups -OCH3 is 1. The summed E-state index contributed by atoms with van der Waals surface area (Å²) < 4.78 is 5.18. The van der Waals surface area contributed by atoms with Crippen molar-refractivity contribution in [1.29, 1.82) is 0 Å². The quantitative estimate of drug-likeness (QED) is 0.851. The van der Waals surface area contributed by atoms with Gasteiger partial charge in [-0.15, -0.1) is 0 Å². The van der Waals surface area contributed by atoms with Crippen molar-refractivity contribution in [2.45, 2.75) is 18.9 Å². The fourth-order valence-corrected chi connectivity index (χ4v) is 2.74. The van der Waals surface area contributed by atoms with E-state index in [4.69, 9.17) is 4.74 Å². The molecular formula is C17H17NO2. The number of nitrogens with zero attached hydrogens (tertiary/aromatic N) is 1. The van der Waals surface area contributed by atoms with Crippen LogP contribution in [0.5, 0.6) is 5.75 Å². The molecule has 0 radical (unpaired) electrons. The summed E-state index contributed by atoms with van der Waals surface area (Å²) in [5, 5.41) is 0. The summed E-state index contributed by atoms with van der Waals surface area (Å²) in [6.07, 6.45) is 1.46. The number of benzene rings is 2. The molecule has 1 fully saturated rings. The topological polar surface area (TPSA) is 29.5 Å². The molecule has 0 bridgehead atoms. The number of carbonyl (C=O) groups excluding carboxylic acids is 1. The lowest BCUT2D eigenvalue weighted by atomic mass is 10.0. The zero-order chi connectivity index (χ0) is 13.9. The first kappa shape index (κ1) is 12.7. The third-order valence-corrected chi connectivity index (χ3v) is 3.75. The zero-order valence-electron chi connectivity index (χ0n) is 11.5. The van der Waals surface area contributed by atoms with Crippen molar-refractivity contribution in [1.82, 2.24) is 0 Å². The third-order valence-electron chi connectivity index (χ3n) is 3.75. The molecule has 0 N–H and O–H groups in total. The number of anilines is 1. The van der Waals surface area contributed by atoms with E-state index in [2.05, 4.69) is 0 Å². The van der Waals surface area contributed by atoms with Crippen LogP contribution in [0.2, 0.25) is 0 Å². The van der Waals surface area contributed by atoms with Gasteiger partial charge in [-0.25, -0.2) is 0 Å². The second kappa shape index (κ2) is 5.37. The molecule has 3 nitrogen and oxygen atoms in total. The molecule has 102 valence electrons. The van der Waals surface area contributed by atoms with E-state index in [1.807, 2.05) is 59.5 Å². The molecule has 0 aliphatic carbocycles. The Morgan fingerprint density at radius 1 is 1.05 bits per heavy atom. The van der Waals surface area contributed by atoms with Gasteiger partial charge < -0.3 is 9.64 Å². The van der Waals surface area contributed by atoms with Crippen molar-refractivity contribution in [3.05, 3.63) is 60.2 Å². The molecule has 1 heterocycles. The molecule has 3 rings (SSSR count). The Morgan fingerprint density at radius 2 is 1.75 bits per heavy atom. The first-order valence-corrected chi connectivity index (χ1v) is 6.80.